The van der Waals surface area contributed by atoms with Crippen LogP contribution in [0.3, 0.4) is 0 Å². The van der Waals surface area contributed by atoms with Gasteiger partial charge in [0.1, 0.15) is 0 Å². The van der Waals surface area contributed by atoms with Crippen molar-refractivity contribution in [2.45, 2.75) is 19.1 Å². The third-order valence-electron chi connectivity index (χ3n) is 4.45. The molecular formula is C21H25F3IN3O4. The van der Waals surface area contributed by atoms with Gasteiger partial charge in [-0.25, -0.2) is 0 Å². The average Bonchev–Trinajstić information content (AvgIpc) is 3.22. The van der Waals surface area contributed by atoms with E-state index in [2.05, 4.69) is 15.6 Å². The van der Waals surface area contributed by atoms with Crippen LogP contribution in [-0.2, 0) is 13.0 Å². The zero-order valence-electron chi connectivity index (χ0n) is 17.6. The van der Waals surface area contributed by atoms with Gasteiger partial charge in [-0.3, -0.25) is 4.99 Å². The maximum Gasteiger partial charge on any atom is 0.422 e. The highest BCUT2D eigenvalue weighted by Crippen LogP contribution is 2.32. The maximum absolute atomic E-state index is 12.4. The molecule has 32 heavy (non-hydrogen) atoms. The molecule has 0 fully saturated rings. The van der Waals surface area contributed by atoms with E-state index >= 15 is 0 Å². The zero-order chi connectivity index (χ0) is 22.3. The van der Waals surface area contributed by atoms with E-state index in [1.807, 2.05) is 18.2 Å². The highest BCUT2D eigenvalue weighted by Gasteiger charge is 2.29. The van der Waals surface area contributed by atoms with Gasteiger partial charge in [-0.2, -0.15) is 13.2 Å². The SMILES string of the molecule is CN=C(NCCc1ccc2c(c1)OCO2)NCc1ccc(OCC(F)(F)F)c(OC)c1.I. The van der Waals surface area contributed by atoms with E-state index in [0.717, 1.165) is 29.0 Å². The number of rotatable bonds is 8. The molecule has 1 heterocycles. The van der Waals surface area contributed by atoms with Crippen LogP contribution in [0.2, 0.25) is 0 Å². The molecule has 2 aromatic carbocycles. The summed E-state index contributed by atoms with van der Waals surface area (Å²) in [6.45, 7) is -0.0822. The minimum atomic E-state index is -4.41. The predicted molar refractivity (Wildman–Crippen MR) is 124 cm³/mol. The highest BCUT2D eigenvalue weighted by atomic mass is 127. The highest BCUT2D eigenvalue weighted by molar-refractivity contribution is 14.0. The second kappa shape index (κ2) is 11.9. The number of methoxy groups -OCH3 is 1. The Morgan fingerprint density at radius 1 is 1.03 bits per heavy atom. The summed E-state index contributed by atoms with van der Waals surface area (Å²) < 4.78 is 57.7. The monoisotopic (exact) mass is 567 g/mol. The van der Waals surface area contributed by atoms with Crippen molar-refractivity contribution in [3.63, 3.8) is 0 Å². The van der Waals surface area contributed by atoms with Gasteiger partial charge >= 0.3 is 6.18 Å². The van der Waals surface area contributed by atoms with Gasteiger partial charge in [-0.1, -0.05) is 12.1 Å². The first kappa shape index (κ1) is 25.7. The molecule has 11 heteroatoms. The van der Waals surface area contributed by atoms with E-state index in [0.29, 0.717) is 19.0 Å². The summed E-state index contributed by atoms with van der Waals surface area (Å²) in [4.78, 5) is 4.18. The summed E-state index contributed by atoms with van der Waals surface area (Å²) >= 11 is 0. The summed E-state index contributed by atoms with van der Waals surface area (Å²) in [5, 5.41) is 6.38. The van der Waals surface area contributed by atoms with Crippen LogP contribution in [0.5, 0.6) is 23.0 Å². The number of fused-ring (bicyclic) bond motifs is 1. The molecule has 0 saturated heterocycles. The topological polar surface area (TPSA) is 73.3 Å². The third-order valence-corrected chi connectivity index (χ3v) is 4.45. The Morgan fingerprint density at radius 3 is 2.50 bits per heavy atom. The van der Waals surface area contributed by atoms with Crippen LogP contribution in [0.1, 0.15) is 11.1 Å². The summed E-state index contributed by atoms with van der Waals surface area (Å²) in [5.41, 5.74) is 1.90. The second-order valence-electron chi connectivity index (χ2n) is 6.68. The van der Waals surface area contributed by atoms with Crippen LogP contribution in [0, 0.1) is 0 Å². The Bertz CT molecular complexity index is 926. The molecule has 0 bridgehead atoms. The number of hydrogen-bond donors (Lipinski definition) is 2. The molecule has 0 aliphatic carbocycles. The lowest BCUT2D eigenvalue weighted by Gasteiger charge is -2.15. The predicted octanol–water partition coefficient (Wildman–Crippen LogP) is 3.89. The van der Waals surface area contributed by atoms with Crippen molar-refractivity contribution in [3.05, 3.63) is 47.5 Å². The number of aliphatic imine (C=N–C) groups is 1. The molecule has 0 radical (unpaired) electrons. The molecule has 2 aromatic rings. The van der Waals surface area contributed by atoms with Gasteiger partial charge in [-0.05, 0) is 41.8 Å². The lowest BCUT2D eigenvalue weighted by molar-refractivity contribution is -0.153. The van der Waals surface area contributed by atoms with Gasteiger partial charge in [0, 0.05) is 20.1 Å². The third kappa shape index (κ3) is 7.53. The number of guanidine groups is 1. The first-order chi connectivity index (χ1) is 14.9. The van der Waals surface area contributed by atoms with E-state index in [1.54, 1.807) is 19.2 Å². The smallest absolute Gasteiger partial charge is 0.422 e. The number of ether oxygens (including phenoxy) is 4. The van der Waals surface area contributed by atoms with E-state index < -0.39 is 12.8 Å². The number of nitrogens with one attached hydrogen (secondary N) is 2. The first-order valence-corrected chi connectivity index (χ1v) is 9.57. The van der Waals surface area contributed by atoms with Gasteiger partial charge < -0.3 is 29.6 Å². The van der Waals surface area contributed by atoms with Crippen LogP contribution in [0.4, 0.5) is 13.2 Å². The van der Waals surface area contributed by atoms with Crippen molar-refractivity contribution in [2.75, 3.05) is 34.1 Å². The number of benzene rings is 2. The Balaban J connectivity index is 0.00000363. The molecule has 0 amide bonds. The van der Waals surface area contributed by atoms with E-state index in [4.69, 9.17) is 18.9 Å². The molecule has 0 atom stereocenters. The van der Waals surface area contributed by atoms with Crippen molar-refractivity contribution < 1.29 is 32.1 Å². The van der Waals surface area contributed by atoms with Crippen molar-refractivity contribution in [1.82, 2.24) is 10.6 Å². The molecule has 1 aliphatic heterocycles. The van der Waals surface area contributed by atoms with Crippen LogP contribution >= 0.6 is 24.0 Å². The van der Waals surface area contributed by atoms with Gasteiger partial charge in [0.25, 0.3) is 0 Å². The molecule has 0 saturated carbocycles. The number of halogens is 4. The van der Waals surface area contributed by atoms with E-state index in [-0.39, 0.29) is 42.3 Å². The molecule has 176 valence electrons. The van der Waals surface area contributed by atoms with Crippen LogP contribution in [0.25, 0.3) is 0 Å². The standard InChI is InChI=1S/C21H24F3N3O4.HI/c1-25-20(26-8-7-14-3-5-17-19(9-14)31-13-30-17)27-11-15-4-6-16(18(10-15)28-2)29-12-21(22,23)24;/h3-6,9-10H,7-8,11-13H2,1-2H3,(H2,25,26,27);1H. The minimum Gasteiger partial charge on any atom is -0.493 e. The van der Waals surface area contributed by atoms with Gasteiger partial charge in [0.2, 0.25) is 6.79 Å². The van der Waals surface area contributed by atoms with Gasteiger partial charge in [0.15, 0.2) is 35.6 Å². The quantitative estimate of drug-likeness (QED) is 0.287. The summed E-state index contributed by atoms with van der Waals surface area (Å²) in [6, 6.07) is 10.6. The van der Waals surface area contributed by atoms with E-state index in [9.17, 15) is 13.2 Å². The maximum atomic E-state index is 12.4. The Labute approximate surface area is 201 Å². The lowest BCUT2D eigenvalue weighted by Crippen LogP contribution is -2.37. The van der Waals surface area contributed by atoms with E-state index in [1.165, 1.54) is 13.2 Å². The first-order valence-electron chi connectivity index (χ1n) is 9.57. The zero-order valence-corrected chi connectivity index (χ0v) is 20.0. The largest absolute Gasteiger partial charge is 0.493 e. The number of alkyl halides is 3. The van der Waals surface area contributed by atoms with Crippen LogP contribution in [-0.4, -0.2) is 46.2 Å². The average molecular weight is 567 g/mol. The molecule has 0 unspecified atom stereocenters. The van der Waals surface area contributed by atoms with Crippen molar-refractivity contribution >= 4 is 29.9 Å². The van der Waals surface area contributed by atoms with Crippen LogP contribution in [0.15, 0.2) is 41.4 Å². The Hall–Kier alpha value is -2.57. The molecule has 7 nitrogen and oxygen atoms in total. The lowest BCUT2D eigenvalue weighted by atomic mass is 10.1. The van der Waals surface area contributed by atoms with Crippen molar-refractivity contribution in [3.8, 4) is 23.0 Å². The molecule has 1 aliphatic rings. The summed E-state index contributed by atoms with van der Waals surface area (Å²) in [6.07, 6.45) is -3.65. The molecule has 0 aromatic heterocycles. The number of hydrogen-bond acceptors (Lipinski definition) is 5. The molecule has 2 N–H and O–H groups in total. The Kier molecular flexibility index (Phi) is 9.54. The molecule has 3 rings (SSSR count). The van der Waals surface area contributed by atoms with Gasteiger partial charge in [-0.15, -0.1) is 24.0 Å². The fourth-order valence-electron chi connectivity index (χ4n) is 2.93. The fraction of sp³-hybridized carbons (Fsp3) is 0.381. The van der Waals surface area contributed by atoms with Gasteiger partial charge in [0.05, 0.1) is 7.11 Å². The molecule has 0 spiro atoms. The normalized spacial score (nSPS) is 12.7. The number of nitrogens with zero attached hydrogens (tertiary/aromatic N) is 1. The summed E-state index contributed by atoms with van der Waals surface area (Å²) in [5.74, 6) is 2.36. The Morgan fingerprint density at radius 2 is 1.78 bits per heavy atom. The van der Waals surface area contributed by atoms with Crippen molar-refractivity contribution in [2.24, 2.45) is 4.99 Å². The van der Waals surface area contributed by atoms with Crippen molar-refractivity contribution in [1.29, 1.82) is 0 Å². The second-order valence-corrected chi connectivity index (χ2v) is 6.68. The van der Waals surface area contributed by atoms with Crippen LogP contribution < -0.4 is 29.6 Å². The fourth-order valence-corrected chi connectivity index (χ4v) is 2.93. The summed E-state index contributed by atoms with van der Waals surface area (Å²) in [7, 11) is 3.04. The minimum absolute atomic E-state index is 0. The molecular weight excluding hydrogens is 542 g/mol.